The molecule has 0 saturated carbocycles. The number of aromatic nitrogens is 2. The lowest BCUT2D eigenvalue weighted by Gasteiger charge is -2.27. The maximum atomic E-state index is 6.05. The van der Waals surface area contributed by atoms with E-state index >= 15 is 0 Å². The summed E-state index contributed by atoms with van der Waals surface area (Å²) in [4.78, 5) is 9.16. The van der Waals surface area contributed by atoms with Gasteiger partial charge in [-0.1, -0.05) is 30.3 Å². The number of hydrogen-bond acceptors (Lipinski definition) is 5. The predicted molar refractivity (Wildman–Crippen MR) is 97.2 cm³/mol. The highest BCUT2D eigenvalue weighted by Gasteiger charge is 2.28. The lowest BCUT2D eigenvalue weighted by molar-refractivity contribution is 0.595. The Morgan fingerprint density at radius 2 is 2.04 bits per heavy atom. The molecule has 1 unspecified atom stereocenters. The molecule has 24 heavy (non-hydrogen) atoms. The molecule has 1 saturated heterocycles. The predicted octanol–water partition coefficient (Wildman–Crippen LogP) is 2.69. The first-order valence-corrected chi connectivity index (χ1v) is 8.92. The number of nitrogens with two attached hydrogens (primary N) is 1. The van der Waals surface area contributed by atoms with E-state index in [0.717, 1.165) is 43.7 Å². The fourth-order valence-corrected chi connectivity index (χ4v) is 4.04. The van der Waals surface area contributed by atoms with E-state index in [1.54, 1.807) is 0 Å². The van der Waals surface area contributed by atoms with Crippen molar-refractivity contribution in [2.45, 2.75) is 50.6 Å². The smallest absolute Gasteiger partial charge is 0.222 e. The summed E-state index contributed by atoms with van der Waals surface area (Å²) in [5.41, 5.74) is 9.73. The zero-order valence-corrected chi connectivity index (χ0v) is 14.1. The lowest BCUT2D eigenvalue weighted by atomic mass is 9.82. The molecule has 2 heterocycles. The van der Waals surface area contributed by atoms with Crippen LogP contribution < -0.4 is 16.4 Å². The van der Waals surface area contributed by atoms with Crippen LogP contribution in [0.15, 0.2) is 30.3 Å². The number of nitrogens with one attached hydrogen (secondary N) is 2. The van der Waals surface area contributed by atoms with Gasteiger partial charge >= 0.3 is 0 Å². The number of benzene rings is 1. The molecule has 1 aromatic heterocycles. The van der Waals surface area contributed by atoms with Gasteiger partial charge in [-0.25, -0.2) is 4.98 Å². The third-order valence-electron chi connectivity index (χ3n) is 5.20. The van der Waals surface area contributed by atoms with Crippen LogP contribution in [0.5, 0.6) is 0 Å². The van der Waals surface area contributed by atoms with Crippen molar-refractivity contribution < 1.29 is 0 Å². The van der Waals surface area contributed by atoms with E-state index in [1.807, 2.05) is 0 Å². The van der Waals surface area contributed by atoms with Crippen molar-refractivity contribution in [3.63, 3.8) is 0 Å². The van der Waals surface area contributed by atoms with E-state index in [-0.39, 0.29) is 0 Å². The molecule has 126 valence electrons. The van der Waals surface area contributed by atoms with Crippen LogP contribution in [0.4, 0.5) is 11.8 Å². The van der Waals surface area contributed by atoms with E-state index in [2.05, 4.69) is 57.9 Å². The Labute approximate surface area is 143 Å². The highest BCUT2D eigenvalue weighted by Crippen LogP contribution is 2.38. The van der Waals surface area contributed by atoms with Gasteiger partial charge in [-0.3, -0.25) is 0 Å². The molecule has 5 heteroatoms. The largest absolute Gasteiger partial charge is 0.368 e. The zero-order chi connectivity index (χ0) is 16.5. The molecule has 4 rings (SSSR count). The van der Waals surface area contributed by atoms with Gasteiger partial charge in [0, 0.05) is 30.1 Å². The second-order valence-electron chi connectivity index (χ2n) is 7.04. The second-order valence-corrected chi connectivity index (χ2v) is 7.04. The third kappa shape index (κ3) is 2.96. The Hall–Kier alpha value is -2.14. The molecule has 1 fully saturated rings. The van der Waals surface area contributed by atoms with E-state index in [4.69, 9.17) is 5.73 Å². The lowest BCUT2D eigenvalue weighted by Crippen LogP contribution is -2.26. The van der Waals surface area contributed by atoms with Crippen molar-refractivity contribution in [3.8, 4) is 0 Å². The number of rotatable bonds is 3. The van der Waals surface area contributed by atoms with E-state index in [9.17, 15) is 0 Å². The fraction of sp³-hybridized carbons (Fsp3) is 0.474. The summed E-state index contributed by atoms with van der Waals surface area (Å²) in [6, 6.07) is 11.6. The minimum absolute atomic E-state index is 0.321. The third-order valence-corrected chi connectivity index (χ3v) is 5.20. The average molecular weight is 323 g/mol. The van der Waals surface area contributed by atoms with Gasteiger partial charge in [0.05, 0.1) is 5.69 Å². The van der Waals surface area contributed by atoms with Crippen LogP contribution in [0, 0.1) is 0 Å². The molecule has 0 bridgehead atoms. The normalized spacial score (nSPS) is 26.1. The summed E-state index contributed by atoms with van der Waals surface area (Å²) in [6.45, 7) is 3.19. The van der Waals surface area contributed by atoms with Crippen LogP contribution >= 0.6 is 0 Å². The number of fused-ring (bicyclic) bond motifs is 1. The maximum Gasteiger partial charge on any atom is 0.222 e. The monoisotopic (exact) mass is 323 g/mol. The van der Waals surface area contributed by atoms with Crippen molar-refractivity contribution in [1.82, 2.24) is 15.3 Å². The van der Waals surface area contributed by atoms with E-state index in [0.29, 0.717) is 23.9 Å². The standard InChI is InChI=1S/C19H25N5/c1-12-10-14(11-21-12)22-18-16-9-5-8-15(13-6-3-2-4-7-13)17(16)23-19(20)24-18/h2-4,6-7,12,14-15,21H,5,8-11H2,1H3,(H3,20,22,23,24)/t12-,14+,15?/m1/s1. The van der Waals surface area contributed by atoms with Gasteiger partial charge in [0.15, 0.2) is 0 Å². The minimum Gasteiger partial charge on any atom is -0.368 e. The number of hydrogen-bond donors (Lipinski definition) is 3. The van der Waals surface area contributed by atoms with Crippen LogP contribution in [0.2, 0.25) is 0 Å². The van der Waals surface area contributed by atoms with Crippen LogP contribution in [0.25, 0.3) is 0 Å². The Morgan fingerprint density at radius 1 is 1.21 bits per heavy atom. The van der Waals surface area contributed by atoms with Gasteiger partial charge in [0.1, 0.15) is 5.82 Å². The molecular weight excluding hydrogens is 298 g/mol. The Balaban J connectivity index is 1.69. The van der Waals surface area contributed by atoms with Crippen LogP contribution in [0.3, 0.4) is 0 Å². The quantitative estimate of drug-likeness (QED) is 0.810. The molecule has 5 nitrogen and oxygen atoms in total. The summed E-state index contributed by atoms with van der Waals surface area (Å²) in [6.07, 6.45) is 4.42. The molecule has 0 amide bonds. The number of anilines is 2. The minimum atomic E-state index is 0.321. The molecule has 1 aliphatic heterocycles. The molecule has 4 N–H and O–H groups in total. The van der Waals surface area contributed by atoms with Crippen molar-refractivity contribution in [1.29, 1.82) is 0 Å². The van der Waals surface area contributed by atoms with Crippen molar-refractivity contribution >= 4 is 11.8 Å². The molecule has 2 aliphatic rings. The molecular formula is C19H25N5. The Bertz CT molecular complexity index is 715. The molecule has 3 atom stereocenters. The molecule has 2 aromatic rings. The summed E-state index contributed by atoms with van der Waals surface area (Å²) >= 11 is 0. The molecule has 0 radical (unpaired) electrons. The number of nitrogen functional groups attached to an aromatic ring is 1. The maximum absolute atomic E-state index is 6.05. The number of nitrogens with zero attached hydrogens (tertiary/aromatic N) is 2. The first-order valence-electron chi connectivity index (χ1n) is 8.92. The van der Waals surface area contributed by atoms with Crippen LogP contribution in [-0.2, 0) is 6.42 Å². The van der Waals surface area contributed by atoms with E-state index < -0.39 is 0 Å². The first-order chi connectivity index (χ1) is 11.7. The van der Waals surface area contributed by atoms with Gasteiger partial charge in [-0.05, 0) is 38.2 Å². The highest BCUT2D eigenvalue weighted by atomic mass is 15.1. The molecule has 1 aliphatic carbocycles. The van der Waals surface area contributed by atoms with Gasteiger partial charge in [-0.15, -0.1) is 0 Å². The Kier molecular flexibility index (Phi) is 4.10. The summed E-state index contributed by atoms with van der Waals surface area (Å²) < 4.78 is 0. The van der Waals surface area contributed by atoms with Gasteiger partial charge in [0.2, 0.25) is 5.95 Å². The first kappa shape index (κ1) is 15.4. The van der Waals surface area contributed by atoms with Crippen molar-refractivity contribution in [2.75, 3.05) is 17.6 Å². The second kappa shape index (κ2) is 6.40. The zero-order valence-electron chi connectivity index (χ0n) is 14.1. The SMILES string of the molecule is C[C@@H]1C[C@H](Nc2nc(N)nc3c2CCCC3c2ccccc2)CN1. The fourth-order valence-electron chi connectivity index (χ4n) is 4.04. The van der Waals surface area contributed by atoms with Gasteiger partial charge in [-0.2, -0.15) is 4.98 Å². The highest BCUT2D eigenvalue weighted by molar-refractivity contribution is 5.54. The van der Waals surface area contributed by atoms with Gasteiger partial charge < -0.3 is 16.4 Å². The van der Waals surface area contributed by atoms with Gasteiger partial charge in [0.25, 0.3) is 0 Å². The summed E-state index contributed by atoms with van der Waals surface area (Å²) in [7, 11) is 0. The van der Waals surface area contributed by atoms with Crippen LogP contribution in [0.1, 0.15) is 48.9 Å². The summed E-state index contributed by atoms with van der Waals surface area (Å²) in [5.74, 6) is 1.64. The summed E-state index contributed by atoms with van der Waals surface area (Å²) in [5, 5.41) is 7.10. The molecule has 1 aromatic carbocycles. The average Bonchev–Trinajstić information content (AvgIpc) is 3.00. The van der Waals surface area contributed by atoms with E-state index in [1.165, 1.54) is 11.1 Å². The molecule has 0 spiro atoms. The topological polar surface area (TPSA) is 75.9 Å². The van der Waals surface area contributed by atoms with Crippen molar-refractivity contribution in [3.05, 3.63) is 47.2 Å². The van der Waals surface area contributed by atoms with Crippen molar-refractivity contribution in [2.24, 2.45) is 0 Å². The Morgan fingerprint density at radius 3 is 2.79 bits per heavy atom. The van der Waals surface area contributed by atoms with Crippen LogP contribution in [-0.4, -0.2) is 28.6 Å².